The topological polar surface area (TPSA) is 36.4 Å². The highest BCUT2D eigenvalue weighted by molar-refractivity contribution is 14.0. The highest BCUT2D eigenvalue weighted by Crippen LogP contribution is 2.26. The van der Waals surface area contributed by atoms with Crippen molar-refractivity contribution in [1.82, 2.24) is 10.6 Å². The molecule has 0 aromatic rings. The molecule has 1 fully saturated rings. The van der Waals surface area contributed by atoms with Gasteiger partial charge in [-0.25, -0.2) is 0 Å². The lowest BCUT2D eigenvalue weighted by Gasteiger charge is -2.28. The summed E-state index contributed by atoms with van der Waals surface area (Å²) in [5, 5.41) is 6.75. The predicted octanol–water partition coefficient (Wildman–Crippen LogP) is 2.12. The second-order valence-electron chi connectivity index (χ2n) is 4.49. The first-order valence-electron chi connectivity index (χ1n) is 5.91. The van der Waals surface area contributed by atoms with E-state index in [2.05, 4.69) is 22.5 Å². The molecule has 2 rings (SSSR count). The van der Waals surface area contributed by atoms with E-state index in [1.165, 1.54) is 32.1 Å². The maximum absolute atomic E-state index is 4.36. The lowest BCUT2D eigenvalue weighted by Crippen LogP contribution is -2.43. The van der Waals surface area contributed by atoms with Crippen LogP contribution in [0, 0.1) is 5.92 Å². The second-order valence-corrected chi connectivity index (χ2v) is 4.49. The van der Waals surface area contributed by atoms with Crippen molar-refractivity contribution in [3.63, 3.8) is 0 Å². The van der Waals surface area contributed by atoms with Gasteiger partial charge >= 0.3 is 0 Å². The van der Waals surface area contributed by atoms with Crippen LogP contribution in [0.2, 0.25) is 0 Å². The highest BCUT2D eigenvalue weighted by Gasteiger charge is 2.21. The molecule has 15 heavy (non-hydrogen) atoms. The van der Waals surface area contributed by atoms with Crippen molar-refractivity contribution in [1.29, 1.82) is 0 Å². The number of hydrogen-bond donors (Lipinski definition) is 2. The summed E-state index contributed by atoms with van der Waals surface area (Å²) in [5.41, 5.74) is 0. The number of guanidine groups is 1. The van der Waals surface area contributed by atoms with E-state index in [-0.39, 0.29) is 24.0 Å². The molecule has 88 valence electrons. The van der Waals surface area contributed by atoms with Crippen LogP contribution in [0.1, 0.15) is 39.0 Å². The number of nitrogens with zero attached hydrogens (tertiary/aromatic N) is 1. The maximum Gasteiger partial charge on any atom is 0.191 e. The van der Waals surface area contributed by atoms with E-state index in [9.17, 15) is 0 Å². The molecular weight excluding hydrogens is 301 g/mol. The Morgan fingerprint density at radius 3 is 2.67 bits per heavy atom. The van der Waals surface area contributed by atoms with Crippen LogP contribution in [0.5, 0.6) is 0 Å². The number of aliphatic imine (C=N–C) groups is 1. The van der Waals surface area contributed by atoms with Crippen LogP contribution in [0.3, 0.4) is 0 Å². The van der Waals surface area contributed by atoms with Gasteiger partial charge in [0.15, 0.2) is 5.96 Å². The van der Waals surface area contributed by atoms with Crippen molar-refractivity contribution in [2.24, 2.45) is 10.9 Å². The molecule has 3 nitrogen and oxygen atoms in total. The van der Waals surface area contributed by atoms with Crippen LogP contribution in [0.15, 0.2) is 4.99 Å². The van der Waals surface area contributed by atoms with Gasteiger partial charge in [0.2, 0.25) is 0 Å². The van der Waals surface area contributed by atoms with Crippen molar-refractivity contribution < 1.29 is 0 Å². The van der Waals surface area contributed by atoms with Crippen molar-refractivity contribution in [3.8, 4) is 0 Å². The monoisotopic (exact) mass is 323 g/mol. The van der Waals surface area contributed by atoms with Crippen LogP contribution in [0.4, 0.5) is 0 Å². The largest absolute Gasteiger partial charge is 0.355 e. The van der Waals surface area contributed by atoms with Gasteiger partial charge in [0.05, 0.1) is 6.54 Å². The predicted molar refractivity (Wildman–Crippen MR) is 74.9 cm³/mol. The molecule has 1 heterocycles. The Balaban J connectivity index is 0.00000112. The molecule has 1 aliphatic heterocycles. The highest BCUT2D eigenvalue weighted by atomic mass is 127. The summed E-state index contributed by atoms with van der Waals surface area (Å²) >= 11 is 0. The molecule has 0 radical (unpaired) electrons. The second kappa shape index (κ2) is 6.55. The summed E-state index contributed by atoms with van der Waals surface area (Å²) in [7, 11) is 0. The number of hydrogen-bond acceptors (Lipinski definition) is 3. The summed E-state index contributed by atoms with van der Waals surface area (Å²) in [5.74, 6) is 1.87. The molecule has 0 spiro atoms. The number of halogens is 1. The third-order valence-electron chi connectivity index (χ3n) is 3.40. The van der Waals surface area contributed by atoms with Crippen molar-refractivity contribution in [2.75, 3.05) is 13.1 Å². The Kier molecular flexibility index (Phi) is 5.71. The van der Waals surface area contributed by atoms with Gasteiger partial charge in [-0.15, -0.1) is 24.0 Å². The number of rotatable bonds is 2. The minimum absolute atomic E-state index is 0. The normalized spacial score (nSPS) is 23.7. The summed E-state index contributed by atoms with van der Waals surface area (Å²) in [6.07, 6.45) is 7.04. The van der Waals surface area contributed by atoms with E-state index >= 15 is 0 Å². The average Bonchev–Trinajstić information content (AvgIpc) is 2.72. The molecule has 0 unspecified atom stereocenters. The van der Waals surface area contributed by atoms with E-state index in [0.29, 0.717) is 6.04 Å². The Morgan fingerprint density at radius 1 is 1.33 bits per heavy atom. The lowest BCUT2D eigenvalue weighted by atomic mass is 9.85. The van der Waals surface area contributed by atoms with Crippen LogP contribution < -0.4 is 10.6 Å². The Morgan fingerprint density at radius 2 is 2.07 bits per heavy atom. The lowest BCUT2D eigenvalue weighted by molar-refractivity contribution is 0.301. The maximum atomic E-state index is 4.36. The summed E-state index contributed by atoms with van der Waals surface area (Å²) in [6.45, 7) is 4.22. The molecule has 4 heteroatoms. The van der Waals surface area contributed by atoms with Crippen molar-refractivity contribution >= 4 is 29.9 Å². The molecule has 0 aromatic heterocycles. The van der Waals surface area contributed by atoms with Gasteiger partial charge in [-0.2, -0.15) is 0 Å². The molecule has 2 aliphatic rings. The van der Waals surface area contributed by atoms with Crippen LogP contribution >= 0.6 is 24.0 Å². The fourth-order valence-electron chi connectivity index (χ4n) is 2.46. The zero-order chi connectivity index (χ0) is 9.80. The van der Waals surface area contributed by atoms with Crippen molar-refractivity contribution in [2.45, 2.75) is 45.1 Å². The zero-order valence-electron chi connectivity index (χ0n) is 9.46. The molecule has 0 amide bonds. The van der Waals surface area contributed by atoms with Crippen LogP contribution in [0.25, 0.3) is 0 Å². The molecular formula is C11H22IN3. The van der Waals surface area contributed by atoms with Crippen LogP contribution in [-0.4, -0.2) is 25.1 Å². The first kappa shape index (κ1) is 13.1. The van der Waals surface area contributed by atoms with E-state index in [1.54, 1.807) is 0 Å². The van der Waals surface area contributed by atoms with Gasteiger partial charge in [0.25, 0.3) is 0 Å². The molecule has 1 aliphatic carbocycles. The molecule has 2 N–H and O–H groups in total. The SMILES string of the molecule is C[C@@H](NC1=NCCN1)C1CCCCC1.I. The summed E-state index contributed by atoms with van der Waals surface area (Å²) < 4.78 is 0. The third-order valence-corrected chi connectivity index (χ3v) is 3.40. The molecule has 0 bridgehead atoms. The van der Waals surface area contributed by atoms with E-state index in [0.717, 1.165) is 25.0 Å². The quantitative estimate of drug-likeness (QED) is 0.764. The first-order valence-corrected chi connectivity index (χ1v) is 5.91. The minimum atomic E-state index is 0. The van der Waals surface area contributed by atoms with Gasteiger partial charge in [-0.1, -0.05) is 19.3 Å². The van der Waals surface area contributed by atoms with E-state index < -0.39 is 0 Å². The Labute approximate surface area is 110 Å². The first-order chi connectivity index (χ1) is 6.86. The third kappa shape index (κ3) is 3.81. The zero-order valence-corrected chi connectivity index (χ0v) is 11.8. The number of nitrogens with one attached hydrogen (secondary N) is 2. The minimum Gasteiger partial charge on any atom is -0.355 e. The smallest absolute Gasteiger partial charge is 0.191 e. The van der Waals surface area contributed by atoms with Gasteiger partial charge in [-0.3, -0.25) is 4.99 Å². The fourth-order valence-corrected chi connectivity index (χ4v) is 2.46. The Hall–Kier alpha value is 0. The summed E-state index contributed by atoms with van der Waals surface area (Å²) in [4.78, 5) is 4.36. The van der Waals surface area contributed by atoms with Crippen LogP contribution in [-0.2, 0) is 0 Å². The van der Waals surface area contributed by atoms with Gasteiger partial charge in [0.1, 0.15) is 0 Å². The van der Waals surface area contributed by atoms with Crippen molar-refractivity contribution in [3.05, 3.63) is 0 Å². The summed E-state index contributed by atoms with van der Waals surface area (Å²) in [6, 6.07) is 0.583. The standard InChI is InChI=1S/C11H21N3.HI/c1-9(10-5-3-2-4-6-10)14-11-12-7-8-13-11;/h9-10H,2-8H2,1H3,(H2,12,13,14);1H/t9-;/m1./s1. The molecule has 0 aromatic carbocycles. The molecule has 1 saturated carbocycles. The van der Waals surface area contributed by atoms with Gasteiger partial charge in [-0.05, 0) is 25.7 Å². The molecule has 1 atom stereocenters. The average molecular weight is 323 g/mol. The van der Waals surface area contributed by atoms with Gasteiger partial charge in [0, 0.05) is 12.6 Å². The van der Waals surface area contributed by atoms with Gasteiger partial charge < -0.3 is 10.6 Å². The molecule has 0 saturated heterocycles. The fraction of sp³-hybridized carbons (Fsp3) is 0.909. The van der Waals surface area contributed by atoms with E-state index in [1.807, 2.05) is 0 Å². The Bertz CT molecular complexity index is 212. The van der Waals surface area contributed by atoms with E-state index in [4.69, 9.17) is 0 Å².